The van der Waals surface area contributed by atoms with Crippen LogP contribution in [0.4, 0.5) is 27.8 Å². The number of allylic oxidation sites excluding steroid dienone is 1. The van der Waals surface area contributed by atoms with Crippen LogP contribution in [0.5, 0.6) is 0 Å². The van der Waals surface area contributed by atoms with E-state index in [1.807, 2.05) is 0 Å². The third-order valence-electron chi connectivity index (χ3n) is 5.60. The van der Waals surface area contributed by atoms with Crippen LogP contribution in [0.15, 0.2) is 30.5 Å². The van der Waals surface area contributed by atoms with Crippen LogP contribution in [0.2, 0.25) is 0 Å². The minimum absolute atomic E-state index is 0.0383. The molecule has 1 aromatic carbocycles. The molecule has 4 nitrogen and oxygen atoms in total. The summed E-state index contributed by atoms with van der Waals surface area (Å²) < 4.78 is 69.2. The minimum Gasteiger partial charge on any atom is -0.365 e. The molecule has 9 heteroatoms. The van der Waals surface area contributed by atoms with Crippen LogP contribution >= 0.6 is 0 Å². The fraction of sp³-hybridized carbons (Fsp3) is 0.364. The molecule has 1 aliphatic heterocycles. The molecule has 31 heavy (non-hydrogen) atoms. The van der Waals surface area contributed by atoms with Gasteiger partial charge < -0.3 is 10.2 Å². The number of nitrogens with one attached hydrogen (secondary N) is 1. The molecule has 2 heterocycles. The van der Waals surface area contributed by atoms with Crippen molar-refractivity contribution in [2.75, 3.05) is 5.32 Å². The Morgan fingerprint density at radius 3 is 2.58 bits per heavy atom. The highest BCUT2D eigenvalue weighted by molar-refractivity contribution is 5.58. The van der Waals surface area contributed by atoms with Crippen molar-refractivity contribution in [1.29, 1.82) is 0 Å². The van der Waals surface area contributed by atoms with Gasteiger partial charge in [0.15, 0.2) is 0 Å². The van der Waals surface area contributed by atoms with E-state index < -0.39 is 29.3 Å². The Morgan fingerprint density at radius 2 is 1.97 bits per heavy atom. The van der Waals surface area contributed by atoms with E-state index >= 15 is 0 Å². The maximum atomic E-state index is 14.6. The van der Waals surface area contributed by atoms with Crippen molar-refractivity contribution in [3.8, 4) is 0 Å². The fourth-order valence-corrected chi connectivity index (χ4v) is 3.76. The second kappa shape index (κ2) is 7.32. The molecule has 0 radical (unpaired) electrons. The first-order chi connectivity index (χ1) is 14.5. The molecule has 0 atom stereocenters. The first kappa shape index (κ1) is 21.3. The molecule has 0 amide bonds. The Balaban J connectivity index is 1.71. The summed E-state index contributed by atoms with van der Waals surface area (Å²) in [5.74, 6) is -3.60. The molecule has 4 rings (SSSR count). The summed E-state index contributed by atoms with van der Waals surface area (Å²) in [6, 6.07) is 3.80. The second-order valence-corrected chi connectivity index (χ2v) is 7.98. The summed E-state index contributed by atoms with van der Waals surface area (Å²) in [4.78, 5) is 10.1. The Hall–Kier alpha value is -2.97. The summed E-state index contributed by atoms with van der Waals surface area (Å²) in [7, 11) is 0. The van der Waals surface area contributed by atoms with Crippen molar-refractivity contribution in [2.24, 2.45) is 0 Å². The lowest BCUT2D eigenvalue weighted by molar-refractivity contribution is 0.0136. The normalized spacial score (nSPS) is 17.2. The molecular weight excluding hydrogens is 415 g/mol. The molecule has 2 aliphatic rings. The van der Waals surface area contributed by atoms with Gasteiger partial charge in [0.2, 0.25) is 0 Å². The van der Waals surface area contributed by atoms with Crippen molar-refractivity contribution in [2.45, 2.75) is 51.1 Å². The average molecular weight is 436 g/mol. The van der Waals surface area contributed by atoms with Crippen LogP contribution < -0.4 is 15.9 Å². The summed E-state index contributed by atoms with van der Waals surface area (Å²) in [5, 5.41) is 3.91. The predicted molar refractivity (Wildman–Crippen MR) is 107 cm³/mol. The van der Waals surface area contributed by atoms with E-state index in [1.165, 1.54) is 23.2 Å². The number of hydrogen-bond acceptors (Lipinski definition) is 4. The van der Waals surface area contributed by atoms with Crippen LogP contribution in [-0.2, 0) is 12.5 Å². The largest absolute Gasteiger partial charge is 0.365 e. The van der Waals surface area contributed by atoms with Crippen LogP contribution in [0.1, 0.15) is 36.7 Å². The van der Waals surface area contributed by atoms with Gasteiger partial charge in [-0.1, -0.05) is 24.8 Å². The SMILES string of the molecule is C=C1C=c2nc(C)nc(NCc3cccc(C(C)(F)F)c3F)c2=CN1C1(C(F)F)CC1. The Labute approximate surface area is 175 Å². The molecule has 1 fully saturated rings. The molecule has 0 bridgehead atoms. The first-order valence-electron chi connectivity index (χ1n) is 9.77. The second-order valence-electron chi connectivity index (χ2n) is 7.98. The quantitative estimate of drug-likeness (QED) is 0.700. The van der Waals surface area contributed by atoms with E-state index in [1.54, 1.807) is 13.0 Å². The zero-order chi connectivity index (χ0) is 22.6. The highest BCUT2D eigenvalue weighted by atomic mass is 19.3. The van der Waals surface area contributed by atoms with Crippen LogP contribution in [0.3, 0.4) is 0 Å². The van der Waals surface area contributed by atoms with Gasteiger partial charge in [0.05, 0.1) is 16.1 Å². The van der Waals surface area contributed by atoms with Crippen molar-refractivity contribution in [3.05, 3.63) is 63.8 Å². The molecule has 1 aromatic heterocycles. The topological polar surface area (TPSA) is 41.1 Å². The van der Waals surface area contributed by atoms with E-state index in [9.17, 15) is 22.0 Å². The number of halogens is 5. The van der Waals surface area contributed by atoms with Crippen LogP contribution in [0.25, 0.3) is 12.3 Å². The Morgan fingerprint density at radius 1 is 1.26 bits per heavy atom. The van der Waals surface area contributed by atoms with Gasteiger partial charge in [-0.15, -0.1) is 0 Å². The van der Waals surface area contributed by atoms with Gasteiger partial charge in [-0.05, 0) is 25.8 Å². The lowest BCUT2D eigenvalue weighted by Crippen LogP contribution is -2.46. The van der Waals surface area contributed by atoms with Crippen molar-refractivity contribution in [1.82, 2.24) is 14.9 Å². The number of anilines is 1. The molecule has 1 saturated carbocycles. The molecule has 0 spiro atoms. The maximum absolute atomic E-state index is 14.6. The lowest BCUT2D eigenvalue weighted by Gasteiger charge is -2.32. The van der Waals surface area contributed by atoms with Gasteiger partial charge in [-0.3, -0.25) is 0 Å². The average Bonchev–Trinajstić information content (AvgIpc) is 3.47. The number of fused-ring (bicyclic) bond motifs is 1. The van der Waals surface area contributed by atoms with Crippen LogP contribution in [0, 0.1) is 12.7 Å². The van der Waals surface area contributed by atoms with Crippen LogP contribution in [-0.4, -0.2) is 26.8 Å². The number of hydrogen-bond donors (Lipinski definition) is 1. The number of nitrogens with zero attached hydrogens (tertiary/aromatic N) is 3. The van der Waals surface area contributed by atoms with E-state index in [2.05, 4.69) is 21.9 Å². The summed E-state index contributed by atoms with van der Waals surface area (Å²) in [6.45, 7) is 6.06. The fourth-order valence-electron chi connectivity index (χ4n) is 3.76. The standard InChI is InChI=1S/C22H21F5N4/c1-12-9-17-15(11-31(12)22(7-8-22)20(24)25)19(30-13(2)29-17)28-10-14-5-4-6-16(18(14)23)21(3,26)27/h4-6,9,11,20H,1,7-8,10H2,2-3H3,(H,28,29,30). The number of aromatic nitrogens is 2. The molecular formula is C22H21F5N4. The molecule has 1 N–H and O–H groups in total. The van der Waals surface area contributed by atoms with Gasteiger partial charge in [0.1, 0.15) is 23.0 Å². The third kappa shape index (κ3) is 3.77. The summed E-state index contributed by atoms with van der Waals surface area (Å²) in [5.41, 5.74) is -1.54. The van der Waals surface area contributed by atoms with Gasteiger partial charge >= 0.3 is 0 Å². The van der Waals surface area contributed by atoms with E-state index in [-0.39, 0.29) is 12.1 Å². The smallest absolute Gasteiger partial charge is 0.273 e. The highest BCUT2D eigenvalue weighted by Crippen LogP contribution is 2.49. The van der Waals surface area contributed by atoms with E-state index in [0.29, 0.717) is 47.7 Å². The van der Waals surface area contributed by atoms with Crippen molar-refractivity contribution < 1.29 is 22.0 Å². The van der Waals surface area contributed by atoms with Gasteiger partial charge in [-0.2, -0.15) is 0 Å². The summed E-state index contributed by atoms with van der Waals surface area (Å²) in [6.07, 6.45) is 1.26. The predicted octanol–water partition coefficient (Wildman–Crippen LogP) is 3.79. The van der Waals surface area contributed by atoms with E-state index in [0.717, 1.165) is 6.07 Å². The Bertz CT molecular complexity index is 1170. The third-order valence-corrected chi connectivity index (χ3v) is 5.60. The number of alkyl halides is 4. The molecule has 0 unspecified atom stereocenters. The maximum Gasteiger partial charge on any atom is 0.273 e. The number of rotatable bonds is 6. The number of benzene rings is 1. The molecule has 164 valence electrons. The minimum atomic E-state index is -3.32. The highest BCUT2D eigenvalue weighted by Gasteiger charge is 2.56. The van der Waals surface area contributed by atoms with Gasteiger partial charge in [0, 0.05) is 30.9 Å². The Kier molecular flexibility index (Phi) is 5.02. The summed E-state index contributed by atoms with van der Waals surface area (Å²) >= 11 is 0. The monoisotopic (exact) mass is 436 g/mol. The molecule has 1 aliphatic carbocycles. The van der Waals surface area contributed by atoms with Crippen molar-refractivity contribution >= 4 is 18.1 Å². The van der Waals surface area contributed by atoms with Gasteiger partial charge in [-0.25, -0.2) is 31.9 Å². The van der Waals surface area contributed by atoms with Crippen molar-refractivity contribution in [3.63, 3.8) is 0 Å². The zero-order valence-electron chi connectivity index (χ0n) is 17.0. The van der Waals surface area contributed by atoms with E-state index in [4.69, 9.17) is 0 Å². The molecule has 2 aromatic rings. The number of aryl methyl sites for hydroxylation is 1. The van der Waals surface area contributed by atoms with Gasteiger partial charge in [0.25, 0.3) is 12.3 Å². The zero-order valence-corrected chi connectivity index (χ0v) is 17.0. The molecule has 0 saturated heterocycles. The first-order valence-corrected chi connectivity index (χ1v) is 9.77. The lowest BCUT2D eigenvalue weighted by atomic mass is 10.0.